The van der Waals surface area contributed by atoms with Gasteiger partial charge in [-0.3, -0.25) is 0 Å². The summed E-state index contributed by atoms with van der Waals surface area (Å²) in [5.41, 5.74) is 1.82. The summed E-state index contributed by atoms with van der Waals surface area (Å²) in [6.45, 7) is 18.6. The van der Waals surface area contributed by atoms with E-state index >= 15 is 0 Å². The Labute approximate surface area is 121 Å². The van der Waals surface area contributed by atoms with Crippen LogP contribution in [-0.4, -0.2) is 0 Å². The fraction of sp³-hybridized carbons (Fsp3) is 0.333. The van der Waals surface area contributed by atoms with Crippen molar-refractivity contribution in [3.05, 3.63) is 72.9 Å². The van der Waals surface area contributed by atoms with Gasteiger partial charge in [-0.05, 0) is 29.6 Å². The molecule has 0 aliphatic heterocycles. The molecule has 0 aromatic heterocycles. The van der Waals surface area contributed by atoms with E-state index in [1.54, 1.807) is 6.08 Å². The molecule has 0 fully saturated rings. The van der Waals surface area contributed by atoms with E-state index in [4.69, 9.17) is 0 Å². The van der Waals surface area contributed by atoms with Gasteiger partial charge in [0.25, 0.3) is 0 Å². The molecule has 0 N–H and O–H groups in total. The molecule has 1 atom stereocenters. The Balaban J connectivity index is 4.56. The summed E-state index contributed by atoms with van der Waals surface area (Å²) in [5, 5.41) is 0. The smallest absolute Gasteiger partial charge is 0.158 e. The molecule has 0 nitrogen and oxygen atoms in total. The van der Waals surface area contributed by atoms with Gasteiger partial charge in [0.1, 0.15) is 0 Å². The first-order chi connectivity index (χ1) is 9.29. The van der Waals surface area contributed by atoms with Crippen molar-refractivity contribution in [3.8, 4) is 0 Å². The van der Waals surface area contributed by atoms with Gasteiger partial charge in [-0.25, -0.2) is 8.78 Å². The number of halogens is 2. The van der Waals surface area contributed by atoms with Crippen molar-refractivity contribution >= 4 is 0 Å². The fourth-order valence-electron chi connectivity index (χ4n) is 1.50. The predicted molar refractivity (Wildman–Crippen MR) is 84.7 cm³/mol. The lowest BCUT2D eigenvalue weighted by Crippen LogP contribution is -1.96. The van der Waals surface area contributed by atoms with E-state index in [-0.39, 0.29) is 0 Å². The van der Waals surface area contributed by atoms with E-state index < -0.39 is 11.7 Å². The van der Waals surface area contributed by atoms with Crippen molar-refractivity contribution in [2.24, 2.45) is 5.92 Å². The largest absolute Gasteiger partial charge is 0.204 e. The third kappa shape index (κ3) is 7.03. The second-order valence-corrected chi connectivity index (χ2v) is 4.90. The van der Waals surface area contributed by atoms with Gasteiger partial charge in [0.2, 0.25) is 0 Å². The van der Waals surface area contributed by atoms with Crippen molar-refractivity contribution in [1.82, 2.24) is 0 Å². The van der Waals surface area contributed by atoms with Crippen LogP contribution >= 0.6 is 0 Å². The Hall–Kier alpha value is -1.70. The predicted octanol–water partition coefficient (Wildman–Crippen LogP) is 6.37. The van der Waals surface area contributed by atoms with Gasteiger partial charge in [-0.2, -0.15) is 0 Å². The third-order valence-electron chi connectivity index (χ3n) is 3.09. The maximum Gasteiger partial charge on any atom is 0.158 e. The molecule has 110 valence electrons. The minimum atomic E-state index is -1.11. The highest BCUT2D eigenvalue weighted by atomic mass is 19.2. The monoisotopic (exact) mass is 278 g/mol. The van der Waals surface area contributed by atoms with Crippen molar-refractivity contribution < 1.29 is 8.78 Å². The highest BCUT2D eigenvalue weighted by Gasteiger charge is 2.04. The Kier molecular flexibility index (Phi) is 8.46. The molecule has 0 bridgehead atoms. The summed E-state index contributed by atoms with van der Waals surface area (Å²) in [6.07, 6.45) is 7.96. The topological polar surface area (TPSA) is 0 Å². The summed E-state index contributed by atoms with van der Waals surface area (Å²) in [5.74, 6) is -1.75. The van der Waals surface area contributed by atoms with Gasteiger partial charge in [-0.15, -0.1) is 0 Å². The number of hydrogen-bond donors (Lipinski definition) is 0. The normalized spacial score (nSPS) is 13.3. The third-order valence-corrected chi connectivity index (χ3v) is 3.09. The molecule has 0 aromatic carbocycles. The maximum atomic E-state index is 13.0. The molecule has 1 unspecified atom stereocenters. The lowest BCUT2D eigenvalue weighted by molar-refractivity contribution is 0.547. The standard InChI is InChI=1S/C18H24F2/c1-7-8-9-13(2)14(3)10-11-15(4)16(5)12-18(20)17(6)19/h10-13H,3-9H2,1-2H3/b11-10-,18-12+. The van der Waals surface area contributed by atoms with Crippen molar-refractivity contribution in [2.75, 3.05) is 0 Å². The molecule has 0 aliphatic carbocycles. The van der Waals surface area contributed by atoms with Crippen molar-refractivity contribution in [3.63, 3.8) is 0 Å². The minimum Gasteiger partial charge on any atom is -0.204 e. The zero-order valence-electron chi connectivity index (χ0n) is 12.5. The number of rotatable bonds is 9. The molecule has 2 heteroatoms. The highest BCUT2D eigenvalue weighted by molar-refractivity contribution is 5.46. The second kappa shape index (κ2) is 9.24. The Bertz CT molecular complexity index is 450. The van der Waals surface area contributed by atoms with Gasteiger partial charge in [0.05, 0.1) is 0 Å². The molecule has 0 spiro atoms. The van der Waals surface area contributed by atoms with Gasteiger partial charge < -0.3 is 0 Å². The molecule has 20 heavy (non-hydrogen) atoms. The second-order valence-electron chi connectivity index (χ2n) is 4.90. The summed E-state index contributed by atoms with van der Waals surface area (Å²) in [6, 6.07) is 0. The molecular formula is C18H24F2. The van der Waals surface area contributed by atoms with E-state index in [0.717, 1.165) is 30.9 Å². The Morgan fingerprint density at radius 2 is 1.65 bits per heavy atom. The molecule has 0 aromatic rings. The zero-order valence-corrected chi connectivity index (χ0v) is 12.5. The molecule has 0 aliphatic rings. The zero-order chi connectivity index (χ0) is 15.7. The average Bonchev–Trinajstić information content (AvgIpc) is 2.41. The SMILES string of the molecule is C=C(/C=C\C(=C)C(C)CCCC)C(=C)/C=C(/F)C(=C)F. The first kappa shape index (κ1) is 18.3. The average molecular weight is 278 g/mol. The molecule has 0 radical (unpaired) electrons. The van der Waals surface area contributed by atoms with Crippen LogP contribution < -0.4 is 0 Å². The lowest BCUT2D eigenvalue weighted by Gasteiger charge is -2.10. The molecule has 0 saturated carbocycles. The van der Waals surface area contributed by atoms with Crippen molar-refractivity contribution in [2.45, 2.75) is 33.1 Å². The van der Waals surface area contributed by atoms with Crippen molar-refractivity contribution in [1.29, 1.82) is 0 Å². The van der Waals surface area contributed by atoms with Gasteiger partial charge in [0, 0.05) is 0 Å². The van der Waals surface area contributed by atoms with E-state index in [1.165, 1.54) is 0 Å². The fourth-order valence-corrected chi connectivity index (χ4v) is 1.50. The number of hydrogen-bond acceptors (Lipinski definition) is 0. The van der Waals surface area contributed by atoms with Crippen LogP contribution in [0.15, 0.2) is 72.9 Å². The van der Waals surface area contributed by atoms with Crippen LogP contribution in [0.5, 0.6) is 0 Å². The van der Waals surface area contributed by atoms with Gasteiger partial charge in [-0.1, -0.05) is 70.7 Å². The quantitative estimate of drug-likeness (QED) is 0.430. The Morgan fingerprint density at radius 3 is 2.15 bits per heavy atom. The number of unbranched alkanes of at least 4 members (excludes halogenated alkanes) is 1. The number of allylic oxidation sites excluding steroid dienone is 8. The molecule has 0 heterocycles. The molecule has 0 saturated heterocycles. The molecular weight excluding hydrogens is 254 g/mol. The van der Waals surface area contributed by atoms with E-state index in [9.17, 15) is 8.78 Å². The van der Waals surface area contributed by atoms with E-state index in [2.05, 4.69) is 40.2 Å². The summed E-state index contributed by atoms with van der Waals surface area (Å²) < 4.78 is 25.6. The van der Waals surface area contributed by atoms with Crippen LogP contribution in [0.25, 0.3) is 0 Å². The summed E-state index contributed by atoms with van der Waals surface area (Å²) in [4.78, 5) is 0. The summed E-state index contributed by atoms with van der Waals surface area (Å²) >= 11 is 0. The highest BCUT2D eigenvalue weighted by Crippen LogP contribution is 2.20. The first-order valence-electron chi connectivity index (χ1n) is 6.76. The van der Waals surface area contributed by atoms with Crippen LogP contribution in [0.3, 0.4) is 0 Å². The van der Waals surface area contributed by atoms with E-state index in [1.807, 2.05) is 6.08 Å². The van der Waals surface area contributed by atoms with Crippen LogP contribution in [0.1, 0.15) is 33.1 Å². The van der Waals surface area contributed by atoms with Crippen LogP contribution in [0.4, 0.5) is 8.78 Å². The molecule has 0 amide bonds. The summed E-state index contributed by atoms with van der Waals surface area (Å²) in [7, 11) is 0. The van der Waals surface area contributed by atoms with Crippen LogP contribution in [0.2, 0.25) is 0 Å². The van der Waals surface area contributed by atoms with E-state index in [0.29, 0.717) is 17.1 Å². The van der Waals surface area contributed by atoms with Gasteiger partial charge >= 0.3 is 0 Å². The maximum absolute atomic E-state index is 13.0. The minimum absolute atomic E-state index is 0.312. The lowest BCUT2D eigenvalue weighted by atomic mass is 9.95. The Morgan fingerprint density at radius 1 is 1.05 bits per heavy atom. The van der Waals surface area contributed by atoms with Crippen LogP contribution in [0, 0.1) is 5.92 Å². The van der Waals surface area contributed by atoms with Crippen LogP contribution in [-0.2, 0) is 0 Å². The molecule has 0 rings (SSSR count). The van der Waals surface area contributed by atoms with Gasteiger partial charge in [0.15, 0.2) is 11.7 Å². The first-order valence-corrected chi connectivity index (χ1v) is 6.76.